The first-order valence-corrected chi connectivity index (χ1v) is 6.52. The van der Waals surface area contributed by atoms with E-state index in [4.69, 9.17) is 0 Å². The average molecular weight is 234 g/mol. The second kappa shape index (κ2) is 4.30. The van der Waals surface area contributed by atoms with Gasteiger partial charge in [0.1, 0.15) is 5.67 Å². The van der Waals surface area contributed by atoms with Gasteiger partial charge in [0.05, 0.1) is 6.04 Å². The Hall–Kier alpha value is -1.09. The number of para-hydroxylation sites is 1. The molecular weight excluding hydrogens is 215 g/mol. The summed E-state index contributed by atoms with van der Waals surface area (Å²) in [5.74, 6) is 0. The van der Waals surface area contributed by atoms with E-state index in [-0.39, 0.29) is 6.04 Å². The molecule has 0 saturated carbocycles. The normalized spacial score (nSPS) is 27.0. The quantitative estimate of drug-likeness (QED) is 0.780. The molecule has 1 aromatic carbocycles. The van der Waals surface area contributed by atoms with Crippen molar-refractivity contribution in [2.75, 3.05) is 18.4 Å². The summed E-state index contributed by atoms with van der Waals surface area (Å²) in [6, 6.07) is 8.25. The van der Waals surface area contributed by atoms with Crippen molar-refractivity contribution in [2.24, 2.45) is 0 Å². The number of fused-ring (bicyclic) bond motifs is 1. The lowest BCUT2D eigenvalue weighted by Gasteiger charge is -2.40. The highest BCUT2D eigenvalue weighted by Crippen LogP contribution is 2.35. The zero-order valence-corrected chi connectivity index (χ0v) is 10.0. The fourth-order valence-corrected chi connectivity index (χ4v) is 3.02. The first kappa shape index (κ1) is 11.0. The maximum atomic E-state index is 14.8. The van der Waals surface area contributed by atoms with Gasteiger partial charge >= 0.3 is 0 Å². The second-order valence-electron chi connectivity index (χ2n) is 5.18. The van der Waals surface area contributed by atoms with Gasteiger partial charge in [-0.05, 0) is 50.4 Å². The third kappa shape index (κ3) is 2.04. The fraction of sp³-hybridized carbons (Fsp3) is 0.571. The number of hydrogen-bond acceptors (Lipinski definition) is 2. The van der Waals surface area contributed by atoms with E-state index in [0.29, 0.717) is 12.8 Å². The number of alkyl halides is 1. The minimum absolute atomic E-state index is 0.0144. The molecule has 2 heterocycles. The molecule has 3 heteroatoms. The highest BCUT2D eigenvalue weighted by atomic mass is 19.1. The maximum absolute atomic E-state index is 14.8. The highest BCUT2D eigenvalue weighted by molar-refractivity contribution is 5.54. The lowest BCUT2D eigenvalue weighted by molar-refractivity contribution is 0.0868. The third-order valence-electron chi connectivity index (χ3n) is 4.11. The van der Waals surface area contributed by atoms with Gasteiger partial charge in [0.25, 0.3) is 0 Å². The van der Waals surface area contributed by atoms with E-state index >= 15 is 0 Å². The van der Waals surface area contributed by atoms with Crippen LogP contribution in [0.1, 0.15) is 24.8 Å². The molecule has 0 aromatic heterocycles. The monoisotopic (exact) mass is 234 g/mol. The lowest BCUT2D eigenvalue weighted by Crippen LogP contribution is -2.51. The first-order chi connectivity index (χ1) is 8.28. The summed E-state index contributed by atoms with van der Waals surface area (Å²) in [4.78, 5) is 0. The van der Waals surface area contributed by atoms with Crippen LogP contribution in [0, 0.1) is 0 Å². The Morgan fingerprint density at radius 3 is 2.76 bits per heavy atom. The SMILES string of the molecule is FC1(C2CCc3ccccc3N2)CCNCC1. The Balaban J connectivity index is 1.79. The van der Waals surface area contributed by atoms with Gasteiger partial charge < -0.3 is 10.6 Å². The Morgan fingerprint density at radius 2 is 1.94 bits per heavy atom. The molecule has 1 aromatic rings. The number of halogens is 1. The van der Waals surface area contributed by atoms with Crippen LogP contribution in [0.5, 0.6) is 0 Å². The Morgan fingerprint density at radius 1 is 1.18 bits per heavy atom. The number of benzene rings is 1. The van der Waals surface area contributed by atoms with Crippen molar-refractivity contribution >= 4 is 5.69 Å². The zero-order valence-electron chi connectivity index (χ0n) is 10.0. The molecule has 2 aliphatic heterocycles. The standard InChI is InChI=1S/C14H19FN2/c15-14(7-9-16-10-8-14)13-6-5-11-3-1-2-4-12(11)17-13/h1-4,13,16-17H,5-10H2. The topological polar surface area (TPSA) is 24.1 Å². The minimum atomic E-state index is -1.03. The van der Waals surface area contributed by atoms with Crippen molar-refractivity contribution in [3.05, 3.63) is 29.8 Å². The summed E-state index contributed by atoms with van der Waals surface area (Å²) in [6.45, 7) is 1.60. The molecule has 17 heavy (non-hydrogen) atoms. The predicted molar refractivity (Wildman–Crippen MR) is 68.1 cm³/mol. The van der Waals surface area contributed by atoms with Gasteiger partial charge in [0.15, 0.2) is 0 Å². The van der Waals surface area contributed by atoms with E-state index in [9.17, 15) is 4.39 Å². The number of anilines is 1. The van der Waals surface area contributed by atoms with Crippen LogP contribution in [0.25, 0.3) is 0 Å². The fourth-order valence-electron chi connectivity index (χ4n) is 3.02. The minimum Gasteiger partial charge on any atom is -0.379 e. The molecule has 2 aliphatic rings. The van der Waals surface area contributed by atoms with E-state index in [2.05, 4.69) is 28.8 Å². The van der Waals surface area contributed by atoms with Gasteiger partial charge in [0, 0.05) is 5.69 Å². The molecule has 2 N–H and O–H groups in total. The van der Waals surface area contributed by atoms with E-state index in [1.807, 2.05) is 6.07 Å². The van der Waals surface area contributed by atoms with Gasteiger partial charge in [0.2, 0.25) is 0 Å². The molecule has 0 amide bonds. The van der Waals surface area contributed by atoms with Crippen LogP contribution in [0.4, 0.5) is 10.1 Å². The number of aryl methyl sites for hydroxylation is 1. The van der Waals surface area contributed by atoms with E-state index < -0.39 is 5.67 Å². The molecule has 0 radical (unpaired) electrons. The van der Waals surface area contributed by atoms with Crippen LogP contribution in [0.15, 0.2) is 24.3 Å². The van der Waals surface area contributed by atoms with Crippen molar-refractivity contribution in [3.8, 4) is 0 Å². The Bertz CT molecular complexity index is 399. The van der Waals surface area contributed by atoms with Crippen LogP contribution in [0.3, 0.4) is 0 Å². The van der Waals surface area contributed by atoms with Crippen LogP contribution < -0.4 is 10.6 Å². The molecule has 0 spiro atoms. The number of rotatable bonds is 1. The van der Waals surface area contributed by atoms with Gasteiger partial charge in [-0.15, -0.1) is 0 Å². The van der Waals surface area contributed by atoms with Gasteiger partial charge in [-0.1, -0.05) is 18.2 Å². The zero-order chi connectivity index (χ0) is 11.7. The van der Waals surface area contributed by atoms with E-state index in [1.165, 1.54) is 5.56 Å². The molecule has 92 valence electrons. The summed E-state index contributed by atoms with van der Waals surface area (Å²) < 4.78 is 14.8. The summed E-state index contributed by atoms with van der Waals surface area (Å²) >= 11 is 0. The van der Waals surface area contributed by atoms with Gasteiger partial charge in [-0.3, -0.25) is 0 Å². The molecule has 1 atom stereocenters. The average Bonchev–Trinajstić information content (AvgIpc) is 2.39. The summed E-state index contributed by atoms with van der Waals surface area (Å²) in [7, 11) is 0. The van der Waals surface area contributed by atoms with Crippen LogP contribution in [0.2, 0.25) is 0 Å². The van der Waals surface area contributed by atoms with Crippen molar-refractivity contribution in [1.82, 2.24) is 5.32 Å². The summed E-state index contributed by atoms with van der Waals surface area (Å²) in [5.41, 5.74) is 1.42. The predicted octanol–water partition coefficient (Wildman–Crippen LogP) is 2.51. The van der Waals surface area contributed by atoms with Crippen molar-refractivity contribution in [2.45, 2.75) is 37.4 Å². The van der Waals surface area contributed by atoms with E-state index in [1.54, 1.807) is 0 Å². The molecule has 3 rings (SSSR count). The molecule has 2 nitrogen and oxygen atoms in total. The molecule has 1 fully saturated rings. The number of piperidine rings is 1. The lowest BCUT2D eigenvalue weighted by atomic mass is 9.81. The third-order valence-corrected chi connectivity index (χ3v) is 4.11. The number of nitrogens with one attached hydrogen (secondary N) is 2. The van der Waals surface area contributed by atoms with Crippen LogP contribution in [-0.2, 0) is 6.42 Å². The smallest absolute Gasteiger partial charge is 0.133 e. The van der Waals surface area contributed by atoms with Crippen molar-refractivity contribution < 1.29 is 4.39 Å². The molecular formula is C14H19FN2. The van der Waals surface area contributed by atoms with Crippen LogP contribution in [-0.4, -0.2) is 24.8 Å². The Kier molecular flexibility index (Phi) is 2.79. The molecule has 0 aliphatic carbocycles. The van der Waals surface area contributed by atoms with Gasteiger partial charge in [-0.25, -0.2) is 4.39 Å². The van der Waals surface area contributed by atoms with E-state index in [0.717, 1.165) is 31.6 Å². The molecule has 1 unspecified atom stereocenters. The molecule has 1 saturated heterocycles. The number of hydrogen-bond donors (Lipinski definition) is 2. The van der Waals surface area contributed by atoms with Crippen LogP contribution >= 0.6 is 0 Å². The summed E-state index contributed by atoms with van der Waals surface area (Å²) in [5, 5.41) is 6.63. The molecule has 0 bridgehead atoms. The Labute approximate surface area is 102 Å². The van der Waals surface area contributed by atoms with Gasteiger partial charge in [-0.2, -0.15) is 0 Å². The second-order valence-corrected chi connectivity index (χ2v) is 5.18. The van der Waals surface area contributed by atoms with Crippen molar-refractivity contribution in [3.63, 3.8) is 0 Å². The highest BCUT2D eigenvalue weighted by Gasteiger charge is 2.41. The largest absolute Gasteiger partial charge is 0.379 e. The summed E-state index contributed by atoms with van der Waals surface area (Å²) in [6.07, 6.45) is 3.17. The first-order valence-electron chi connectivity index (χ1n) is 6.52. The maximum Gasteiger partial charge on any atom is 0.133 e. The van der Waals surface area contributed by atoms with Crippen molar-refractivity contribution in [1.29, 1.82) is 0 Å².